The van der Waals surface area contributed by atoms with Crippen LogP contribution < -0.4 is 4.72 Å². The summed E-state index contributed by atoms with van der Waals surface area (Å²) < 4.78 is 28.5. The van der Waals surface area contributed by atoms with Gasteiger partial charge in [-0.25, -0.2) is 8.42 Å². The lowest BCUT2D eigenvalue weighted by atomic mass is 9.99. The number of aliphatic carboxylic acids is 1. The van der Waals surface area contributed by atoms with Gasteiger partial charge in [0, 0.05) is 4.70 Å². The van der Waals surface area contributed by atoms with Gasteiger partial charge in [-0.05, 0) is 51.6 Å². The predicted octanol–water partition coefficient (Wildman–Crippen LogP) is 4.27. The summed E-state index contributed by atoms with van der Waals surface area (Å²) in [6.07, 6.45) is 0. The Balaban J connectivity index is 1.80. The first kappa shape index (κ1) is 19.5. The van der Waals surface area contributed by atoms with Gasteiger partial charge in [0.05, 0.1) is 5.75 Å². The van der Waals surface area contributed by atoms with Gasteiger partial charge < -0.3 is 5.11 Å². The monoisotopic (exact) mass is 403 g/mol. The normalized spacial score (nSPS) is 13.1. The number of carboxylic acids is 1. The molecule has 2 N–H and O–H groups in total. The molecule has 3 aromatic rings. The molecule has 7 heteroatoms. The molecule has 0 aliphatic heterocycles. The lowest BCUT2D eigenvalue weighted by Gasteiger charge is -2.16. The zero-order chi connectivity index (χ0) is 19.6. The topological polar surface area (TPSA) is 83.5 Å². The van der Waals surface area contributed by atoms with Crippen molar-refractivity contribution in [3.8, 4) is 0 Å². The number of rotatable bonds is 7. The Bertz CT molecular complexity index is 1050. The van der Waals surface area contributed by atoms with E-state index in [1.807, 2.05) is 49.6 Å². The quantitative estimate of drug-likeness (QED) is 0.617. The second kappa shape index (κ2) is 7.80. The van der Waals surface area contributed by atoms with Gasteiger partial charge in [-0.15, -0.1) is 11.3 Å². The third-order valence-electron chi connectivity index (χ3n) is 4.35. The Kier molecular flexibility index (Phi) is 5.64. The molecule has 2 aromatic carbocycles. The van der Waals surface area contributed by atoms with Gasteiger partial charge in [-0.1, -0.05) is 44.2 Å². The number of carbonyl (C=O) groups is 1. The van der Waals surface area contributed by atoms with E-state index in [1.54, 1.807) is 29.5 Å². The molecular weight excluding hydrogens is 382 g/mol. The van der Waals surface area contributed by atoms with Crippen molar-refractivity contribution >= 4 is 37.4 Å². The molecule has 0 bridgehead atoms. The Morgan fingerprint density at radius 2 is 1.74 bits per heavy atom. The summed E-state index contributed by atoms with van der Waals surface area (Å²) in [5.74, 6) is -1.19. The maximum absolute atomic E-state index is 12.6. The van der Waals surface area contributed by atoms with Crippen LogP contribution in [0.2, 0.25) is 0 Å². The highest BCUT2D eigenvalue weighted by Crippen LogP contribution is 2.24. The van der Waals surface area contributed by atoms with Gasteiger partial charge in [0.1, 0.15) is 6.04 Å². The van der Waals surface area contributed by atoms with E-state index in [9.17, 15) is 18.3 Å². The Morgan fingerprint density at radius 3 is 2.37 bits per heavy atom. The predicted molar refractivity (Wildman–Crippen MR) is 108 cm³/mol. The number of hydrogen-bond acceptors (Lipinski definition) is 4. The number of hydrogen-bond donors (Lipinski definition) is 2. The molecule has 27 heavy (non-hydrogen) atoms. The van der Waals surface area contributed by atoms with Gasteiger partial charge >= 0.3 is 5.97 Å². The molecule has 0 radical (unpaired) electrons. The molecule has 3 rings (SSSR count). The Morgan fingerprint density at radius 1 is 1.07 bits per heavy atom. The second-order valence-corrected chi connectivity index (χ2v) is 9.46. The SMILES string of the molecule is CC(C)c1ccc(C(NS(=O)(=O)Cc2ccc3sccc3c2)C(=O)O)cc1. The third kappa shape index (κ3) is 4.74. The van der Waals surface area contributed by atoms with Crippen LogP contribution in [-0.2, 0) is 20.6 Å². The highest BCUT2D eigenvalue weighted by Gasteiger charge is 2.26. The van der Waals surface area contributed by atoms with Crippen molar-refractivity contribution in [2.45, 2.75) is 31.6 Å². The van der Waals surface area contributed by atoms with Crippen LogP contribution in [0.25, 0.3) is 10.1 Å². The lowest BCUT2D eigenvalue weighted by Crippen LogP contribution is -2.34. The molecule has 0 saturated carbocycles. The second-order valence-electron chi connectivity index (χ2n) is 6.76. The van der Waals surface area contributed by atoms with E-state index in [2.05, 4.69) is 4.72 Å². The summed E-state index contributed by atoms with van der Waals surface area (Å²) in [6, 6.07) is 13.0. The van der Waals surface area contributed by atoms with Crippen molar-refractivity contribution in [3.63, 3.8) is 0 Å². The van der Waals surface area contributed by atoms with E-state index in [-0.39, 0.29) is 5.75 Å². The van der Waals surface area contributed by atoms with Gasteiger partial charge in [0.15, 0.2) is 0 Å². The van der Waals surface area contributed by atoms with Crippen LogP contribution in [-0.4, -0.2) is 19.5 Å². The van der Waals surface area contributed by atoms with Gasteiger partial charge in [0.2, 0.25) is 10.0 Å². The largest absolute Gasteiger partial charge is 0.480 e. The Hall–Kier alpha value is -2.22. The smallest absolute Gasteiger partial charge is 0.326 e. The highest BCUT2D eigenvalue weighted by atomic mass is 32.2. The van der Waals surface area contributed by atoms with Gasteiger partial charge in [-0.3, -0.25) is 4.79 Å². The van der Waals surface area contributed by atoms with Crippen LogP contribution in [0.4, 0.5) is 0 Å². The average molecular weight is 404 g/mol. The van der Waals surface area contributed by atoms with Crippen LogP contribution in [0.3, 0.4) is 0 Å². The van der Waals surface area contributed by atoms with Crippen molar-refractivity contribution in [1.29, 1.82) is 0 Å². The summed E-state index contributed by atoms with van der Waals surface area (Å²) >= 11 is 1.59. The third-order valence-corrected chi connectivity index (χ3v) is 6.56. The highest BCUT2D eigenvalue weighted by molar-refractivity contribution is 7.88. The van der Waals surface area contributed by atoms with Crippen LogP contribution in [0.15, 0.2) is 53.9 Å². The number of nitrogens with one attached hydrogen (secondary N) is 1. The van der Waals surface area contributed by atoms with E-state index in [1.165, 1.54) is 0 Å². The minimum atomic E-state index is -3.83. The molecule has 0 aliphatic rings. The maximum Gasteiger partial charge on any atom is 0.326 e. The molecule has 0 saturated heterocycles. The molecule has 1 aromatic heterocycles. The fourth-order valence-corrected chi connectivity index (χ4v) is 4.95. The van der Waals surface area contributed by atoms with Crippen molar-refractivity contribution in [2.75, 3.05) is 0 Å². The molecule has 0 fully saturated rings. The minimum Gasteiger partial charge on any atom is -0.480 e. The zero-order valence-corrected chi connectivity index (χ0v) is 16.7. The summed E-state index contributed by atoms with van der Waals surface area (Å²) in [5.41, 5.74) is 2.09. The van der Waals surface area contributed by atoms with Crippen molar-refractivity contribution < 1.29 is 18.3 Å². The van der Waals surface area contributed by atoms with E-state index < -0.39 is 22.0 Å². The van der Waals surface area contributed by atoms with Crippen molar-refractivity contribution in [2.24, 2.45) is 0 Å². The van der Waals surface area contributed by atoms with Crippen LogP contribution in [0.1, 0.15) is 42.5 Å². The average Bonchev–Trinajstić information content (AvgIpc) is 3.07. The number of carboxylic acid groups (broad SMARTS) is 1. The Labute approximate surface area is 162 Å². The standard InChI is InChI=1S/C20H21NO4S2/c1-13(2)15-4-6-16(7-5-15)19(20(22)23)21-27(24,25)12-14-3-8-18-17(11-14)9-10-26-18/h3-11,13,19,21H,12H2,1-2H3,(H,22,23). The van der Waals surface area contributed by atoms with E-state index in [0.717, 1.165) is 15.6 Å². The zero-order valence-electron chi connectivity index (χ0n) is 15.0. The summed E-state index contributed by atoms with van der Waals surface area (Å²) in [5, 5.41) is 12.4. The first-order valence-corrected chi connectivity index (χ1v) is 11.1. The maximum atomic E-state index is 12.6. The minimum absolute atomic E-state index is 0.271. The fourth-order valence-electron chi connectivity index (χ4n) is 2.88. The first-order chi connectivity index (χ1) is 12.7. The van der Waals surface area contributed by atoms with E-state index in [0.29, 0.717) is 17.0 Å². The summed E-state index contributed by atoms with van der Waals surface area (Å²) in [6.45, 7) is 4.08. The van der Waals surface area contributed by atoms with Gasteiger partial charge in [-0.2, -0.15) is 4.72 Å². The number of thiophene rings is 1. The van der Waals surface area contributed by atoms with Crippen molar-refractivity contribution in [1.82, 2.24) is 4.72 Å². The fraction of sp³-hybridized carbons (Fsp3) is 0.250. The van der Waals surface area contributed by atoms with Crippen LogP contribution >= 0.6 is 11.3 Å². The molecule has 1 unspecified atom stereocenters. The molecule has 1 atom stereocenters. The van der Waals surface area contributed by atoms with Crippen LogP contribution in [0.5, 0.6) is 0 Å². The molecular formula is C20H21NO4S2. The van der Waals surface area contributed by atoms with E-state index >= 15 is 0 Å². The summed E-state index contributed by atoms with van der Waals surface area (Å²) in [4.78, 5) is 11.7. The molecule has 1 heterocycles. The number of benzene rings is 2. The van der Waals surface area contributed by atoms with Crippen molar-refractivity contribution in [3.05, 3.63) is 70.6 Å². The number of fused-ring (bicyclic) bond motifs is 1. The number of sulfonamides is 1. The lowest BCUT2D eigenvalue weighted by molar-refractivity contribution is -0.139. The molecule has 0 spiro atoms. The van der Waals surface area contributed by atoms with Crippen LogP contribution in [0, 0.1) is 0 Å². The molecule has 0 aliphatic carbocycles. The summed E-state index contributed by atoms with van der Waals surface area (Å²) in [7, 11) is -3.83. The molecule has 142 valence electrons. The van der Waals surface area contributed by atoms with Gasteiger partial charge in [0.25, 0.3) is 0 Å². The molecule has 5 nitrogen and oxygen atoms in total. The molecule has 0 amide bonds. The van der Waals surface area contributed by atoms with E-state index in [4.69, 9.17) is 0 Å². The first-order valence-electron chi connectivity index (χ1n) is 8.54.